The summed E-state index contributed by atoms with van der Waals surface area (Å²) in [5, 5.41) is 19.1. The quantitative estimate of drug-likeness (QED) is 0.0256. The summed E-state index contributed by atoms with van der Waals surface area (Å²) in [7, 11) is -10.3. The molecule has 0 spiro atoms. The lowest BCUT2D eigenvalue weighted by Gasteiger charge is -2.38. The number of piperidine rings is 1. The van der Waals surface area contributed by atoms with E-state index < -0.39 is 52.5 Å². The summed E-state index contributed by atoms with van der Waals surface area (Å²) in [5.41, 5.74) is 5.22. The molecule has 1 aromatic heterocycles. The third kappa shape index (κ3) is 37.6. The molecule has 35 heteroatoms. The largest absolute Gasteiger partial charge is 0.470 e. The van der Waals surface area contributed by atoms with Crippen LogP contribution in [-0.2, 0) is 101 Å². The van der Waals surface area contributed by atoms with Gasteiger partial charge in [0, 0.05) is 56.3 Å². The number of anilines is 1. The van der Waals surface area contributed by atoms with Gasteiger partial charge in [0.2, 0.25) is 17.7 Å². The Hall–Kier alpha value is -3.29. The molecular weight excluding hydrogens is 1190 g/mol. The Morgan fingerprint density at radius 2 is 1.00 bits per heavy atom. The zero-order chi connectivity index (χ0) is 62.7. The van der Waals surface area contributed by atoms with Gasteiger partial charge in [0.15, 0.2) is 6.23 Å². The summed E-state index contributed by atoms with van der Waals surface area (Å²) in [4.78, 5) is 91.9. The number of nitrogens with one attached hydrogen (secondary N) is 3. The van der Waals surface area contributed by atoms with Crippen molar-refractivity contribution in [3.05, 3.63) is 22.2 Å². The van der Waals surface area contributed by atoms with Crippen LogP contribution in [0.15, 0.2) is 11.0 Å². The molecule has 2 saturated heterocycles. The highest BCUT2D eigenvalue weighted by Gasteiger charge is 2.49. The summed E-state index contributed by atoms with van der Waals surface area (Å²) >= 11 is 0. The van der Waals surface area contributed by atoms with E-state index in [0.29, 0.717) is 189 Å². The molecule has 0 aliphatic carbocycles. The number of aliphatic hydroxyl groups is 1. The second-order valence-corrected chi connectivity index (χ2v) is 22.0. The van der Waals surface area contributed by atoms with E-state index in [1.54, 1.807) is 0 Å². The number of rotatable bonds is 54. The maximum atomic E-state index is 12.7. The summed E-state index contributed by atoms with van der Waals surface area (Å²) in [5.74, 6) is -0.606. The molecule has 500 valence electrons. The van der Waals surface area contributed by atoms with Crippen LogP contribution >= 0.6 is 15.6 Å². The van der Waals surface area contributed by atoms with E-state index in [0.717, 1.165) is 17.4 Å². The average molecular weight is 1280 g/mol. The van der Waals surface area contributed by atoms with Crippen molar-refractivity contribution < 1.29 is 119 Å². The van der Waals surface area contributed by atoms with Crippen molar-refractivity contribution in [2.75, 3.05) is 197 Å². The normalized spacial score (nSPS) is 19.3. The van der Waals surface area contributed by atoms with E-state index >= 15 is 0 Å². The molecule has 0 bridgehead atoms. The van der Waals surface area contributed by atoms with Crippen molar-refractivity contribution in [2.45, 2.75) is 95.4 Å². The Kier molecular flexibility index (Phi) is 41.8. The Morgan fingerprint density at radius 1 is 0.593 bits per heavy atom. The second-order valence-electron chi connectivity index (χ2n) is 19.5. The number of nitrogens with two attached hydrogens (primary N) is 1. The van der Waals surface area contributed by atoms with Gasteiger partial charge in [-0.1, -0.05) is 6.42 Å². The molecule has 86 heavy (non-hydrogen) atoms. The van der Waals surface area contributed by atoms with Gasteiger partial charge in [-0.3, -0.25) is 32.9 Å². The number of hydrogen-bond donors (Lipinski definition) is 9. The van der Waals surface area contributed by atoms with Gasteiger partial charge in [-0.25, -0.2) is 13.9 Å². The van der Waals surface area contributed by atoms with E-state index in [-0.39, 0.29) is 62.6 Å². The maximum Gasteiger partial charge on any atom is 0.470 e. The third-order valence-corrected chi connectivity index (χ3v) is 13.8. The minimum Gasteiger partial charge on any atom is -0.386 e. The Bertz CT molecular complexity index is 2120. The lowest BCUT2D eigenvalue weighted by molar-refractivity contribution is -0.124. The first-order valence-corrected chi connectivity index (χ1v) is 32.0. The van der Waals surface area contributed by atoms with Gasteiger partial charge in [0.05, 0.1) is 172 Å². The van der Waals surface area contributed by atoms with Crippen molar-refractivity contribution in [2.24, 2.45) is 0 Å². The number of carbonyl (C=O) groups excluding carboxylic acids is 3. The van der Waals surface area contributed by atoms with Gasteiger partial charge in [-0.2, -0.15) is 4.98 Å². The summed E-state index contributed by atoms with van der Waals surface area (Å²) in [6.07, 6.45) is -1.58. The third-order valence-electron chi connectivity index (χ3n) is 12.8. The first-order chi connectivity index (χ1) is 41.3. The number of nitrogens with zero attached hydrogens (tertiary/aromatic N) is 3. The van der Waals surface area contributed by atoms with Crippen molar-refractivity contribution in [1.29, 1.82) is 0 Å². The minimum atomic E-state index is -5.25. The van der Waals surface area contributed by atoms with Gasteiger partial charge in [0.25, 0.3) is 0 Å². The van der Waals surface area contributed by atoms with E-state index in [2.05, 4.69) is 48.7 Å². The van der Waals surface area contributed by atoms with Crippen LogP contribution in [0.2, 0.25) is 0 Å². The van der Waals surface area contributed by atoms with E-state index in [1.165, 1.54) is 12.6 Å². The molecule has 3 unspecified atom stereocenters. The minimum absolute atomic E-state index is 0.0469. The fourth-order valence-corrected chi connectivity index (χ4v) is 9.31. The summed E-state index contributed by atoms with van der Waals surface area (Å²) < 4.78 is 104. The molecule has 2 aliphatic rings. The summed E-state index contributed by atoms with van der Waals surface area (Å²) in [6, 6.07) is 0.793. The molecule has 2 aliphatic heterocycles. The lowest BCUT2D eigenvalue weighted by Crippen LogP contribution is -2.49. The molecule has 33 nitrogen and oxygen atoms in total. The monoisotopic (exact) mass is 1280 g/mol. The number of phosphoric acid groups is 2. The van der Waals surface area contributed by atoms with E-state index in [9.17, 15) is 43.2 Å². The van der Waals surface area contributed by atoms with Crippen LogP contribution < -0.4 is 27.4 Å². The number of ether oxygens (including phenoxy) is 13. The number of hydrogen-bond acceptors (Lipinski definition) is 25. The van der Waals surface area contributed by atoms with E-state index in [1.807, 2.05) is 0 Å². The van der Waals surface area contributed by atoms with Crippen molar-refractivity contribution in [1.82, 2.24) is 30.4 Å². The first-order valence-electron chi connectivity index (χ1n) is 29.0. The fourth-order valence-electron chi connectivity index (χ4n) is 8.40. The number of amides is 3. The highest BCUT2D eigenvalue weighted by molar-refractivity contribution is 7.46. The number of aryl methyl sites for hydroxylation is 1. The zero-order valence-corrected chi connectivity index (χ0v) is 51.4. The number of nitrogen functional groups attached to an aromatic ring is 1. The molecule has 3 amide bonds. The number of aliphatic hydroxyl groups excluding tert-OH is 1. The highest BCUT2D eigenvalue weighted by Crippen LogP contribution is 2.45. The average Bonchev–Trinajstić information content (AvgIpc) is 2.19. The molecule has 0 saturated carbocycles. The number of carbonyl (C=O) groups is 3. The molecule has 0 aromatic carbocycles. The Balaban J connectivity index is 0.974. The molecule has 1 aromatic rings. The number of phosphoric ester groups is 2. The van der Waals surface area contributed by atoms with Crippen molar-refractivity contribution >= 4 is 39.2 Å². The van der Waals surface area contributed by atoms with Gasteiger partial charge in [-0.05, 0) is 39.5 Å². The van der Waals surface area contributed by atoms with Gasteiger partial charge >= 0.3 is 21.3 Å². The molecule has 3 rings (SSSR count). The van der Waals surface area contributed by atoms with Gasteiger partial charge in [-0.15, -0.1) is 0 Å². The Labute approximate surface area is 501 Å². The van der Waals surface area contributed by atoms with Crippen LogP contribution in [0.3, 0.4) is 0 Å². The number of aromatic nitrogens is 2. The predicted molar refractivity (Wildman–Crippen MR) is 304 cm³/mol. The van der Waals surface area contributed by atoms with Crippen LogP contribution in [0.1, 0.15) is 64.2 Å². The topological polar surface area (TPSA) is 425 Å². The number of likely N-dealkylation sites (tertiary alicyclic amines) is 1. The lowest BCUT2D eigenvalue weighted by atomic mass is 9.97. The standard InChI is InChI=1S/C51H95N7O26P2/c1-40-5-3-6-41(2)57(40)38-46(61)54-11-8-44(59)55-12-14-71-16-18-73-20-22-75-24-26-77-28-30-79-32-34-81-36-35-80-33-31-78-29-27-76-25-23-74-21-19-72-17-15-70-13-9-45(60)53-10-4-7-42-37-58(51(63)56-49(42)52)50-47(62)48(84-86(67,68)69)43(83-50)39-82-85(64,65)66/h37,40-41,43,47-48,50,62H,3-36,38-39H2,1-2H3,(H,53,60)(H,54,61)(H,55,59)(H2,52,56,63)(H2,64,65,66)(H2,67,68,69)/t40?,41?,43-,47+,48?,50-/m1/s1. The zero-order valence-electron chi connectivity index (χ0n) is 49.6. The van der Waals surface area contributed by atoms with Gasteiger partial charge < -0.3 is 108 Å². The molecule has 10 N–H and O–H groups in total. The smallest absolute Gasteiger partial charge is 0.386 e. The van der Waals surface area contributed by atoms with Crippen LogP contribution in [0.5, 0.6) is 0 Å². The maximum absolute atomic E-state index is 12.7. The van der Waals surface area contributed by atoms with Crippen molar-refractivity contribution in [3.63, 3.8) is 0 Å². The van der Waals surface area contributed by atoms with Crippen LogP contribution in [0, 0.1) is 0 Å². The van der Waals surface area contributed by atoms with Crippen LogP contribution in [0.25, 0.3) is 0 Å². The first kappa shape index (κ1) is 77.0. The molecule has 0 radical (unpaired) electrons. The summed E-state index contributed by atoms with van der Waals surface area (Å²) in [6.45, 7) is 14.1. The highest BCUT2D eigenvalue weighted by atomic mass is 31.2. The van der Waals surface area contributed by atoms with Gasteiger partial charge in [0.1, 0.15) is 24.1 Å². The fraction of sp³-hybridized carbons (Fsp3) is 0.863. The molecule has 3 heterocycles. The molecule has 6 atom stereocenters. The van der Waals surface area contributed by atoms with Crippen molar-refractivity contribution in [3.8, 4) is 0 Å². The van der Waals surface area contributed by atoms with E-state index in [4.69, 9.17) is 77.1 Å². The Morgan fingerprint density at radius 3 is 1.44 bits per heavy atom. The molecule has 2 fully saturated rings. The second kappa shape index (κ2) is 46.7. The van der Waals surface area contributed by atoms with Crippen LogP contribution in [-0.4, -0.2) is 279 Å². The predicted octanol–water partition coefficient (Wildman–Crippen LogP) is -1.81. The molecular formula is C51H95N7O26P2. The van der Waals surface area contributed by atoms with Crippen LogP contribution in [0.4, 0.5) is 5.82 Å². The SMILES string of the molecule is CC1CCCC(C)N1CC(=O)NCCC(=O)NCCOCCOCCOCCOCCOCCOCCOCCOCCOCCOCCOCCOCCC(=O)NCCCc1cn([C@@H]2O[C@H](COP(=O)(O)O)C(OP(=O)(O)O)[C@@H]2O)c(=O)nc1N.